The van der Waals surface area contributed by atoms with Crippen LogP contribution < -0.4 is 5.32 Å². The zero-order valence-corrected chi connectivity index (χ0v) is 12.9. The van der Waals surface area contributed by atoms with Gasteiger partial charge in [0, 0.05) is 10.7 Å². The highest BCUT2D eigenvalue weighted by molar-refractivity contribution is 9.10. The smallest absolute Gasteiger partial charge is 0.127 e. The summed E-state index contributed by atoms with van der Waals surface area (Å²) < 4.78 is 14.7. The molecule has 5 heteroatoms. The lowest BCUT2D eigenvalue weighted by Gasteiger charge is -2.18. The van der Waals surface area contributed by atoms with Crippen LogP contribution in [0.4, 0.5) is 4.39 Å². The summed E-state index contributed by atoms with van der Waals surface area (Å²) in [5.41, 5.74) is 1.57. The van der Waals surface area contributed by atoms with E-state index in [-0.39, 0.29) is 11.9 Å². The van der Waals surface area contributed by atoms with Crippen molar-refractivity contribution in [2.24, 2.45) is 0 Å². The summed E-state index contributed by atoms with van der Waals surface area (Å²) in [5, 5.41) is 3.41. The lowest BCUT2D eigenvalue weighted by molar-refractivity contribution is 0.502. The van der Waals surface area contributed by atoms with Crippen molar-refractivity contribution in [3.8, 4) is 0 Å². The van der Waals surface area contributed by atoms with Crippen LogP contribution >= 0.6 is 15.9 Å². The number of nitrogens with zero attached hydrogens (tertiary/aromatic N) is 2. The van der Waals surface area contributed by atoms with E-state index in [2.05, 4.69) is 38.1 Å². The molecule has 1 atom stereocenters. The molecule has 3 nitrogen and oxygen atoms in total. The first-order valence-corrected chi connectivity index (χ1v) is 7.43. The lowest BCUT2D eigenvalue weighted by Crippen LogP contribution is -2.25. The number of nitrogens with one attached hydrogen (secondary N) is 1. The fraction of sp³-hybridized carbons (Fsp3) is 0.333. The number of hydrogen-bond donors (Lipinski definition) is 1. The van der Waals surface area contributed by atoms with Crippen LogP contribution in [0.15, 0.2) is 41.3 Å². The monoisotopic (exact) mass is 337 g/mol. The molecule has 0 saturated carbocycles. The van der Waals surface area contributed by atoms with Crippen LogP contribution in [-0.4, -0.2) is 16.5 Å². The van der Waals surface area contributed by atoms with Crippen molar-refractivity contribution in [2.45, 2.75) is 25.8 Å². The lowest BCUT2D eigenvalue weighted by atomic mass is 10.0. The Morgan fingerprint density at radius 1 is 1.35 bits per heavy atom. The molecule has 1 aromatic heterocycles. The molecular weight excluding hydrogens is 321 g/mol. The van der Waals surface area contributed by atoms with Crippen LogP contribution in [0, 0.1) is 5.82 Å². The van der Waals surface area contributed by atoms with Gasteiger partial charge in [0.15, 0.2) is 0 Å². The van der Waals surface area contributed by atoms with E-state index in [1.807, 2.05) is 12.1 Å². The van der Waals surface area contributed by atoms with Gasteiger partial charge in [-0.1, -0.05) is 28.9 Å². The zero-order chi connectivity index (χ0) is 14.4. The predicted molar refractivity (Wildman–Crippen MR) is 80.9 cm³/mol. The van der Waals surface area contributed by atoms with Crippen LogP contribution in [0.2, 0.25) is 0 Å². The summed E-state index contributed by atoms with van der Waals surface area (Å²) in [5.74, 6) is -0.197. The Morgan fingerprint density at radius 2 is 2.20 bits per heavy atom. The Bertz CT molecular complexity index is 548. The molecule has 0 bridgehead atoms. The van der Waals surface area contributed by atoms with Gasteiger partial charge in [0.05, 0.1) is 11.7 Å². The molecule has 0 amide bonds. The number of halogens is 2. The third kappa shape index (κ3) is 4.08. The van der Waals surface area contributed by atoms with Crippen LogP contribution in [-0.2, 0) is 6.42 Å². The number of rotatable bonds is 6. The van der Waals surface area contributed by atoms with E-state index in [4.69, 9.17) is 0 Å². The Labute approximate surface area is 126 Å². The summed E-state index contributed by atoms with van der Waals surface area (Å²) in [7, 11) is 0. The molecule has 0 aliphatic rings. The highest BCUT2D eigenvalue weighted by Gasteiger charge is 2.15. The second kappa shape index (κ2) is 7.45. The summed E-state index contributed by atoms with van der Waals surface area (Å²) >= 11 is 3.27. The number of benzene rings is 1. The van der Waals surface area contributed by atoms with E-state index < -0.39 is 0 Å². The van der Waals surface area contributed by atoms with Crippen molar-refractivity contribution >= 4 is 15.9 Å². The van der Waals surface area contributed by atoms with E-state index in [1.165, 1.54) is 12.4 Å². The second-order valence-electron chi connectivity index (χ2n) is 4.58. The van der Waals surface area contributed by atoms with Gasteiger partial charge in [-0.3, -0.25) is 0 Å². The quantitative estimate of drug-likeness (QED) is 0.873. The van der Waals surface area contributed by atoms with Gasteiger partial charge in [-0.2, -0.15) is 0 Å². The molecule has 0 fully saturated rings. The summed E-state index contributed by atoms with van der Waals surface area (Å²) in [4.78, 5) is 8.20. The molecular formula is C15H17BrFN3. The molecule has 0 spiro atoms. The molecule has 20 heavy (non-hydrogen) atoms. The summed E-state index contributed by atoms with van der Waals surface area (Å²) in [6.45, 7) is 2.97. The molecule has 0 aliphatic carbocycles. The summed E-state index contributed by atoms with van der Waals surface area (Å²) in [6.07, 6.45) is 4.81. The largest absolute Gasteiger partial charge is 0.308 e. The van der Waals surface area contributed by atoms with E-state index in [0.29, 0.717) is 12.0 Å². The Kier molecular flexibility index (Phi) is 5.61. The fourth-order valence-electron chi connectivity index (χ4n) is 2.01. The molecule has 2 aromatic rings. The van der Waals surface area contributed by atoms with Crippen molar-refractivity contribution in [3.05, 3.63) is 58.3 Å². The van der Waals surface area contributed by atoms with Crippen molar-refractivity contribution in [3.63, 3.8) is 0 Å². The van der Waals surface area contributed by atoms with Crippen LogP contribution in [0.1, 0.15) is 30.6 Å². The molecule has 1 heterocycles. The Hall–Kier alpha value is -1.33. The Morgan fingerprint density at radius 3 is 2.85 bits per heavy atom. The van der Waals surface area contributed by atoms with Crippen molar-refractivity contribution in [1.82, 2.24) is 15.3 Å². The zero-order valence-electron chi connectivity index (χ0n) is 11.3. The molecule has 0 saturated heterocycles. The number of hydrogen-bond acceptors (Lipinski definition) is 3. The molecule has 1 aromatic carbocycles. The summed E-state index contributed by atoms with van der Waals surface area (Å²) in [6, 6.07) is 7.01. The van der Waals surface area contributed by atoms with Gasteiger partial charge in [-0.25, -0.2) is 14.4 Å². The number of aromatic nitrogens is 2. The minimum absolute atomic E-state index is 0.00590. The SMILES string of the molecule is CCCNC(Cc1ccc(Br)cc1F)c1ccncn1. The van der Waals surface area contributed by atoms with Gasteiger partial charge < -0.3 is 5.32 Å². The maximum absolute atomic E-state index is 14.0. The first-order valence-electron chi connectivity index (χ1n) is 6.64. The first-order chi connectivity index (χ1) is 9.70. The predicted octanol–water partition coefficient (Wildman–Crippen LogP) is 3.66. The van der Waals surface area contributed by atoms with Crippen molar-refractivity contribution in [1.29, 1.82) is 0 Å². The minimum atomic E-state index is -0.197. The van der Waals surface area contributed by atoms with Crippen molar-refractivity contribution in [2.75, 3.05) is 6.54 Å². The van der Waals surface area contributed by atoms with Gasteiger partial charge in [-0.05, 0) is 43.1 Å². The molecule has 106 valence electrons. The third-order valence-electron chi connectivity index (χ3n) is 3.04. The van der Waals surface area contributed by atoms with Crippen molar-refractivity contribution < 1.29 is 4.39 Å². The Balaban J connectivity index is 2.19. The maximum Gasteiger partial charge on any atom is 0.127 e. The average Bonchev–Trinajstić information content (AvgIpc) is 2.46. The molecule has 1 N–H and O–H groups in total. The highest BCUT2D eigenvalue weighted by atomic mass is 79.9. The van der Waals surface area contributed by atoms with E-state index in [1.54, 1.807) is 12.3 Å². The van der Waals surface area contributed by atoms with Gasteiger partial charge in [0.1, 0.15) is 12.1 Å². The van der Waals surface area contributed by atoms with Crippen LogP contribution in [0.3, 0.4) is 0 Å². The molecule has 0 aliphatic heterocycles. The van der Waals surface area contributed by atoms with E-state index in [9.17, 15) is 4.39 Å². The molecule has 0 radical (unpaired) electrons. The van der Waals surface area contributed by atoms with Gasteiger partial charge in [0.25, 0.3) is 0 Å². The fourth-order valence-corrected chi connectivity index (χ4v) is 2.35. The average molecular weight is 338 g/mol. The standard InChI is InChI=1S/C15H17BrFN3/c1-2-6-19-15(14-5-7-18-10-20-14)8-11-3-4-12(16)9-13(11)17/h3-5,7,9-10,15,19H,2,6,8H2,1H3. The molecule has 2 rings (SSSR count). The topological polar surface area (TPSA) is 37.8 Å². The van der Waals surface area contributed by atoms with Crippen LogP contribution in [0.5, 0.6) is 0 Å². The van der Waals surface area contributed by atoms with Gasteiger partial charge in [-0.15, -0.1) is 0 Å². The maximum atomic E-state index is 14.0. The first kappa shape index (κ1) is 15.1. The highest BCUT2D eigenvalue weighted by Crippen LogP contribution is 2.21. The van der Waals surface area contributed by atoms with E-state index in [0.717, 1.165) is 23.1 Å². The second-order valence-corrected chi connectivity index (χ2v) is 5.50. The molecule has 1 unspecified atom stereocenters. The third-order valence-corrected chi connectivity index (χ3v) is 3.53. The van der Waals surface area contributed by atoms with Crippen LogP contribution in [0.25, 0.3) is 0 Å². The van der Waals surface area contributed by atoms with Gasteiger partial charge >= 0.3 is 0 Å². The van der Waals surface area contributed by atoms with E-state index >= 15 is 0 Å². The minimum Gasteiger partial charge on any atom is -0.308 e. The van der Waals surface area contributed by atoms with Gasteiger partial charge in [0.2, 0.25) is 0 Å². The normalized spacial score (nSPS) is 12.3.